The van der Waals surface area contributed by atoms with Gasteiger partial charge in [-0.2, -0.15) is 0 Å². The highest BCUT2D eigenvalue weighted by atomic mass is 79.9. The van der Waals surface area contributed by atoms with E-state index in [1.54, 1.807) is 18.6 Å². The van der Waals surface area contributed by atoms with E-state index in [1.165, 1.54) is 12.1 Å². The molecule has 0 unspecified atom stereocenters. The maximum absolute atomic E-state index is 12.9. The Kier molecular flexibility index (Phi) is 2.14. The summed E-state index contributed by atoms with van der Waals surface area (Å²) in [5.41, 5.74) is 1.57. The lowest BCUT2D eigenvalue weighted by Crippen LogP contribution is -1.81. The van der Waals surface area contributed by atoms with Gasteiger partial charge in [0.2, 0.25) is 0 Å². The minimum Gasteiger partial charge on any atom is -0.345 e. The molecule has 0 spiro atoms. The van der Waals surface area contributed by atoms with Gasteiger partial charge in [0.25, 0.3) is 0 Å². The molecule has 4 heteroatoms. The number of nitrogens with zero attached hydrogens (tertiary/aromatic N) is 1. The fourth-order valence-corrected chi connectivity index (χ4v) is 1.57. The van der Waals surface area contributed by atoms with Crippen LogP contribution in [0.15, 0.2) is 35.2 Å². The highest BCUT2D eigenvalue weighted by Crippen LogP contribution is 2.26. The highest BCUT2D eigenvalue weighted by Gasteiger charge is 2.04. The third-order valence-corrected chi connectivity index (χ3v) is 2.41. The van der Waals surface area contributed by atoms with Crippen molar-refractivity contribution in [3.8, 4) is 11.3 Å². The predicted molar refractivity (Wildman–Crippen MR) is 51.7 cm³/mol. The Balaban J connectivity index is 2.57. The minimum absolute atomic E-state index is 0.257. The molecule has 1 heterocycles. The summed E-state index contributed by atoms with van der Waals surface area (Å²) in [4.78, 5) is 6.78. The van der Waals surface area contributed by atoms with Crippen molar-refractivity contribution in [1.82, 2.24) is 9.97 Å². The standard InChI is InChI=1S/C9H6BrFN2/c10-8-2-1-6(11)3-7(8)9-4-12-5-13-9/h1-5H,(H,12,13). The Morgan fingerprint density at radius 2 is 2.23 bits per heavy atom. The lowest BCUT2D eigenvalue weighted by Gasteiger charge is -2.00. The van der Waals surface area contributed by atoms with Crippen LogP contribution in [-0.2, 0) is 0 Å². The number of hydrogen-bond donors (Lipinski definition) is 1. The Labute approximate surface area is 83.0 Å². The third-order valence-electron chi connectivity index (χ3n) is 1.72. The van der Waals surface area contributed by atoms with Crippen molar-refractivity contribution in [3.05, 3.63) is 41.0 Å². The van der Waals surface area contributed by atoms with E-state index in [-0.39, 0.29) is 5.82 Å². The van der Waals surface area contributed by atoms with Crippen molar-refractivity contribution in [3.63, 3.8) is 0 Å². The maximum atomic E-state index is 12.9. The van der Waals surface area contributed by atoms with Crippen LogP contribution < -0.4 is 0 Å². The fourth-order valence-electron chi connectivity index (χ4n) is 1.11. The molecular weight excluding hydrogens is 235 g/mol. The van der Waals surface area contributed by atoms with E-state index in [0.717, 1.165) is 15.7 Å². The zero-order valence-electron chi connectivity index (χ0n) is 6.59. The second-order valence-corrected chi connectivity index (χ2v) is 3.44. The van der Waals surface area contributed by atoms with Crippen LogP contribution in [0.25, 0.3) is 11.3 Å². The van der Waals surface area contributed by atoms with Gasteiger partial charge in [-0.25, -0.2) is 9.37 Å². The topological polar surface area (TPSA) is 28.7 Å². The number of nitrogens with one attached hydrogen (secondary N) is 1. The van der Waals surface area contributed by atoms with Gasteiger partial charge in [-0.15, -0.1) is 0 Å². The van der Waals surface area contributed by atoms with E-state index < -0.39 is 0 Å². The lowest BCUT2D eigenvalue weighted by atomic mass is 10.2. The number of aromatic amines is 1. The van der Waals surface area contributed by atoms with Crippen LogP contribution >= 0.6 is 15.9 Å². The predicted octanol–water partition coefficient (Wildman–Crippen LogP) is 2.98. The van der Waals surface area contributed by atoms with Crippen molar-refractivity contribution < 1.29 is 4.39 Å². The largest absolute Gasteiger partial charge is 0.345 e. The summed E-state index contributed by atoms with van der Waals surface area (Å²) >= 11 is 3.34. The summed E-state index contributed by atoms with van der Waals surface area (Å²) < 4.78 is 13.7. The Hall–Kier alpha value is -1.16. The van der Waals surface area contributed by atoms with Gasteiger partial charge in [-0.1, -0.05) is 15.9 Å². The Morgan fingerprint density at radius 3 is 2.92 bits per heavy atom. The second kappa shape index (κ2) is 3.30. The molecular formula is C9H6BrFN2. The van der Waals surface area contributed by atoms with Gasteiger partial charge in [-0.05, 0) is 18.2 Å². The molecule has 2 rings (SSSR count). The molecule has 0 bridgehead atoms. The van der Waals surface area contributed by atoms with Crippen molar-refractivity contribution in [1.29, 1.82) is 0 Å². The summed E-state index contributed by atoms with van der Waals surface area (Å²) in [6.45, 7) is 0. The molecule has 2 aromatic rings. The van der Waals surface area contributed by atoms with Gasteiger partial charge < -0.3 is 4.98 Å². The van der Waals surface area contributed by atoms with Gasteiger partial charge in [-0.3, -0.25) is 0 Å². The molecule has 2 nitrogen and oxygen atoms in total. The average Bonchev–Trinajstić information content (AvgIpc) is 2.61. The molecule has 0 radical (unpaired) electrons. The van der Waals surface area contributed by atoms with Crippen LogP contribution in [0.3, 0.4) is 0 Å². The molecule has 0 saturated heterocycles. The molecule has 0 aliphatic carbocycles. The van der Waals surface area contributed by atoms with Gasteiger partial charge in [0.1, 0.15) is 5.82 Å². The fraction of sp³-hybridized carbons (Fsp3) is 0. The average molecular weight is 241 g/mol. The molecule has 1 aromatic heterocycles. The summed E-state index contributed by atoms with van der Waals surface area (Å²) in [5, 5.41) is 0. The summed E-state index contributed by atoms with van der Waals surface area (Å²) in [6, 6.07) is 4.53. The van der Waals surface area contributed by atoms with Crippen LogP contribution in [0.5, 0.6) is 0 Å². The molecule has 66 valence electrons. The third kappa shape index (κ3) is 1.62. The van der Waals surface area contributed by atoms with Crippen LogP contribution in [0.2, 0.25) is 0 Å². The first-order chi connectivity index (χ1) is 6.27. The molecule has 1 aromatic carbocycles. The lowest BCUT2D eigenvalue weighted by molar-refractivity contribution is 0.628. The molecule has 0 amide bonds. The van der Waals surface area contributed by atoms with Crippen LogP contribution in [0, 0.1) is 5.82 Å². The molecule has 13 heavy (non-hydrogen) atoms. The minimum atomic E-state index is -0.257. The van der Waals surface area contributed by atoms with Crippen molar-refractivity contribution in [2.24, 2.45) is 0 Å². The molecule has 0 atom stereocenters. The first-order valence-electron chi connectivity index (χ1n) is 3.71. The SMILES string of the molecule is Fc1ccc(Br)c(-c2cnc[nH]2)c1. The number of imidazole rings is 1. The number of H-pyrrole nitrogens is 1. The molecule has 0 fully saturated rings. The van der Waals surface area contributed by atoms with E-state index >= 15 is 0 Å². The number of benzene rings is 1. The van der Waals surface area contributed by atoms with E-state index in [0.29, 0.717) is 0 Å². The first-order valence-corrected chi connectivity index (χ1v) is 4.50. The molecule has 1 N–H and O–H groups in total. The summed E-state index contributed by atoms with van der Waals surface area (Å²) in [7, 11) is 0. The zero-order chi connectivity index (χ0) is 9.26. The monoisotopic (exact) mass is 240 g/mol. The maximum Gasteiger partial charge on any atom is 0.123 e. The first kappa shape index (κ1) is 8.44. The quantitative estimate of drug-likeness (QED) is 0.816. The Bertz CT molecular complexity index is 412. The number of aromatic nitrogens is 2. The number of rotatable bonds is 1. The molecule has 0 aliphatic heterocycles. The van der Waals surface area contributed by atoms with Crippen LogP contribution in [0.1, 0.15) is 0 Å². The van der Waals surface area contributed by atoms with E-state index in [2.05, 4.69) is 25.9 Å². The van der Waals surface area contributed by atoms with Crippen molar-refractivity contribution in [2.45, 2.75) is 0 Å². The highest BCUT2D eigenvalue weighted by molar-refractivity contribution is 9.10. The van der Waals surface area contributed by atoms with Crippen LogP contribution in [-0.4, -0.2) is 9.97 Å². The van der Waals surface area contributed by atoms with E-state index in [9.17, 15) is 4.39 Å². The van der Waals surface area contributed by atoms with Crippen molar-refractivity contribution in [2.75, 3.05) is 0 Å². The number of halogens is 2. The van der Waals surface area contributed by atoms with E-state index in [4.69, 9.17) is 0 Å². The normalized spacial score (nSPS) is 10.3. The molecule has 0 aliphatic rings. The Morgan fingerprint density at radius 1 is 1.38 bits per heavy atom. The van der Waals surface area contributed by atoms with Gasteiger partial charge in [0.15, 0.2) is 0 Å². The number of hydrogen-bond acceptors (Lipinski definition) is 1. The van der Waals surface area contributed by atoms with Crippen LogP contribution in [0.4, 0.5) is 4.39 Å². The zero-order valence-corrected chi connectivity index (χ0v) is 8.18. The van der Waals surface area contributed by atoms with E-state index in [1.807, 2.05) is 0 Å². The summed E-state index contributed by atoms with van der Waals surface area (Å²) in [5.74, 6) is -0.257. The van der Waals surface area contributed by atoms with Gasteiger partial charge >= 0.3 is 0 Å². The smallest absolute Gasteiger partial charge is 0.123 e. The molecule has 0 saturated carbocycles. The van der Waals surface area contributed by atoms with Gasteiger partial charge in [0, 0.05) is 10.0 Å². The summed E-state index contributed by atoms with van der Waals surface area (Å²) in [6.07, 6.45) is 3.21. The van der Waals surface area contributed by atoms with Crippen molar-refractivity contribution >= 4 is 15.9 Å². The van der Waals surface area contributed by atoms with Gasteiger partial charge in [0.05, 0.1) is 18.2 Å². The second-order valence-electron chi connectivity index (χ2n) is 2.59.